The summed E-state index contributed by atoms with van der Waals surface area (Å²) in [6.07, 6.45) is 2.63. The van der Waals surface area contributed by atoms with Gasteiger partial charge in [0.2, 0.25) is 5.91 Å². The summed E-state index contributed by atoms with van der Waals surface area (Å²) >= 11 is 5.05. The fraction of sp³-hybridized carbons (Fsp3) is 0.818. The van der Waals surface area contributed by atoms with E-state index < -0.39 is 16.2 Å². The lowest BCUT2D eigenvalue weighted by Gasteiger charge is -2.35. The number of nitrogens with one attached hydrogen (secondary N) is 1. The molecule has 18 heavy (non-hydrogen) atoms. The molecule has 3 N–H and O–H groups in total. The minimum atomic E-state index is -0.945. The quantitative estimate of drug-likeness (QED) is 0.695. The number of nitrogens with two attached hydrogens (primary N) is 1. The van der Waals surface area contributed by atoms with E-state index in [9.17, 15) is 9.00 Å². The van der Waals surface area contributed by atoms with Crippen LogP contribution in [0.5, 0.6) is 0 Å². The van der Waals surface area contributed by atoms with Crippen LogP contribution in [0.15, 0.2) is 0 Å². The van der Waals surface area contributed by atoms with Gasteiger partial charge in [-0.2, -0.15) is 0 Å². The summed E-state index contributed by atoms with van der Waals surface area (Å²) in [6, 6.07) is -0.155. The molecule has 1 rings (SSSR count). The summed E-state index contributed by atoms with van der Waals surface area (Å²) in [5.41, 5.74) is 4.93. The second-order valence-electron chi connectivity index (χ2n) is 4.67. The van der Waals surface area contributed by atoms with E-state index in [1.165, 1.54) is 0 Å². The predicted molar refractivity (Wildman–Crippen MR) is 75.8 cm³/mol. The Bertz CT molecular complexity index is 354. The summed E-state index contributed by atoms with van der Waals surface area (Å²) in [5, 5.41) is 2.85. The average Bonchev–Trinajstić information content (AvgIpc) is 2.28. The molecule has 1 aliphatic rings. The van der Waals surface area contributed by atoms with Gasteiger partial charge in [0, 0.05) is 42.1 Å². The van der Waals surface area contributed by atoms with E-state index in [1.807, 2.05) is 6.92 Å². The molecule has 1 fully saturated rings. The molecule has 5 nitrogen and oxygen atoms in total. The maximum Gasteiger partial charge on any atom is 0.233 e. The second-order valence-corrected chi connectivity index (χ2v) is 6.59. The number of hydrogen-bond donors (Lipinski definition) is 2. The maximum atomic E-state index is 12.3. The molecule has 1 aliphatic heterocycles. The molecular formula is C11H20N2O3S2. The summed E-state index contributed by atoms with van der Waals surface area (Å²) in [7, 11) is -0.945. The van der Waals surface area contributed by atoms with Gasteiger partial charge >= 0.3 is 0 Å². The molecule has 0 aromatic heterocycles. The van der Waals surface area contributed by atoms with Crippen LogP contribution in [0, 0.1) is 5.41 Å². The number of ether oxygens (including phenoxy) is 1. The maximum absolute atomic E-state index is 12.3. The molecule has 1 heterocycles. The summed E-state index contributed by atoms with van der Waals surface area (Å²) < 4.78 is 16.4. The van der Waals surface area contributed by atoms with E-state index in [2.05, 4.69) is 5.32 Å². The van der Waals surface area contributed by atoms with Gasteiger partial charge in [-0.05, 0) is 19.8 Å². The van der Waals surface area contributed by atoms with Crippen molar-refractivity contribution in [2.45, 2.75) is 25.8 Å². The van der Waals surface area contributed by atoms with Gasteiger partial charge in [-0.15, -0.1) is 0 Å². The molecule has 2 atom stereocenters. The highest BCUT2D eigenvalue weighted by molar-refractivity contribution is 7.84. The van der Waals surface area contributed by atoms with Crippen LogP contribution in [0.4, 0.5) is 0 Å². The third-order valence-corrected chi connectivity index (χ3v) is 4.48. The average molecular weight is 292 g/mol. The van der Waals surface area contributed by atoms with E-state index in [1.54, 1.807) is 6.26 Å². The third kappa shape index (κ3) is 3.73. The molecule has 0 spiro atoms. The molecule has 1 amide bonds. The first-order chi connectivity index (χ1) is 8.38. The van der Waals surface area contributed by atoms with Gasteiger partial charge in [0.1, 0.15) is 5.41 Å². The first-order valence-corrected chi connectivity index (χ1v) is 8.00. The molecular weight excluding hydrogens is 272 g/mol. The van der Waals surface area contributed by atoms with Crippen molar-refractivity contribution in [2.75, 3.05) is 25.2 Å². The highest BCUT2D eigenvalue weighted by Gasteiger charge is 2.43. The molecule has 2 unspecified atom stereocenters. The van der Waals surface area contributed by atoms with Crippen molar-refractivity contribution in [1.82, 2.24) is 5.32 Å². The van der Waals surface area contributed by atoms with Gasteiger partial charge in [-0.1, -0.05) is 12.2 Å². The number of thiocarbonyl (C=S) groups is 1. The number of amides is 1. The Morgan fingerprint density at radius 1 is 1.56 bits per heavy atom. The van der Waals surface area contributed by atoms with Gasteiger partial charge in [0.05, 0.1) is 4.99 Å². The van der Waals surface area contributed by atoms with E-state index >= 15 is 0 Å². The Labute approximate surface area is 115 Å². The van der Waals surface area contributed by atoms with Crippen LogP contribution in [0.1, 0.15) is 19.8 Å². The number of rotatable bonds is 5. The summed E-state index contributed by atoms with van der Waals surface area (Å²) in [6.45, 7) is 2.80. The standard InChI is InChI=1S/C11H20N2O3S2/c1-8(7-18(2)15)13-10(14)11(9(12)17)3-5-16-6-4-11/h8H,3-7H2,1-2H3,(H2,12,17)(H,13,14). The zero-order chi connectivity index (χ0) is 13.8. The molecule has 0 bridgehead atoms. The molecule has 0 aliphatic carbocycles. The topological polar surface area (TPSA) is 81.4 Å². The Balaban J connectivity index is 2.71. The zero-order valence-corrected chi connectivity index (χ0v) is 12.4. The summed E-state index contributed by atoms with van der Waals surface area (Å²) in [4.78, 5) is 12.5. The van der Waals surface area contributed by atoms with Crippen LogP contribution < -0.4 is 11.1 Å². The molecule has 104 valence electrons. The van der Waals surface area contributed by atoms with Gasteiger partial charge in [0.25, 0.3) is 0 Å². The summed E-state index contributed by atoms with van der Waals surface area (Å²) in [5.74, 6) is 0.256. The first kappa shape index (κ1) is 15.5. The lowest BCUT2D eigenvalue weighted by molar-refractivity contribution is -0.131. The van der Waals surface area contributed by atoms with Gasteiger partial charge in [0.15, 0.2) is 0 Å². The molecule has 0 radical (unpaired) electrons. The Morgan fingerprint density at radius 3 is 2.56 bits per heavy atom. The highest BCUT2D eigenvalue weighted by Crippen LogP contribution is 2.31. The van der Waals surface area contributed by atoms with Crippen molar-refractivity contribution in [1.29, 1.82) is 0 Å². The zero-order valence-electron chi connectivity index (χ0n) is 10.7. The largest absolute Gasteiger partial charge is 0.392 e. The predicted octanol–water partition coefficient (Wildman–Crippen LogP) is -0.0475. The van der Waals surface area contributed by atoms with E-state index in [0.717, 1.165) is 0 Å². The van der Waals surface area contributed by atoms with Crippen molar-refractivity contribution in [3.05, 3.63) is 0 Å². The van der Waals surface area contributed by atoms with Crippen molar-refractivity contribution < 1.29 is 13.7 Å². The van der Waals surface area contributed by atoms with Crippen molar-refractivity contribution in [2.24, 2.45) is 11.1 Å². The fourth-order valence-electron chi connectivity index (χ4n) is 2.06. The number of carbonyl (C=O) groups is 1. The molecule has 7 heteroatoms. The van der Waals surface area contributed by atoms with Crippen molar-refractivity contribution in [3.63, 3.8) is 0 Å². The Hall–Kier alpha value is -0.530. The van der Waals surface area contributed by atoms with Crippen LogP contribution in [0.2, 0.25) is 0 Å². The monoisotopic (exact) mass is 292 g/mol. The smallest absolute Gasteiger partial charge is 0.233 e. The van der Waals surface area contributed by atoms with Crippen LogP contribution in [0.3, 0.4) is 0 Å². The highest BCUT2D eigenvalue weighted by atomic mass is 32.2. The molecule has 0 aromatic carbocycles. The SMILES string of the molecule is CC(CS(C)=O)NC(=O)C1(C(N)=S)CCOCC1. The van der Waals surface area contributed by atoms with Gasteiger partial charge in [-0.25, -0.2) is 0 Å². The van der Waals surface area contributed by atoms with Crippen molar-refractivity contribution >= 4 is 33.9 Å². The number of hydrogen-bond acceptors (Lipinski definition) is 4. The van der Waals surface area contributed by atoms with Crippen LogP contribution >= 0.6 is 12.2 Å². The normalized spacial score (nSPS) is 21.9. The minimum Gasteiger partial charge on any atom is -0.392 e. The molecule has 1 saturated heterocycles. The minimum absolute atomic E-state index is 0.155. The van der Waals surface area contributed by atoms with Crippen molar-refractivity contribution in [3.8, 4) is 0 Å². The van der Waals surface area contributed by atoms with Crippen LogP contribution in [-0.2, 0) is 20.3 Å². The van der Waals surface area contributed by atoms with Gasteiger partial charge < -0.3 is 15.8 Å². The van der Waals surface area contributed by atoms with Gasteiger partial charge in [-0.3, -0.25) is 9.00 Å². The van der Waals surface area contributed by atoms with Crippen LogP contribution in [0.25, 0.3) is 0 Å². The van der Waals surface area contributed by atoms with E-state index in [-0.39, 0.29) is 16.9 Å². The lowest BCUT2D eigenvalue weighted by atomic mass is 9.79. The molecule has 0 saturated carbocycles. The lowest BCUT2D eigenvalue weighted by Crippen LogP contribution is -2.54. The van der Waals surface area contributed by atoms with Crippen LogP contribution in [-0.4, -0.2) is 46.4 Å². The fourth-order valence-corrected chi connectivity index (χ4v) is 3.15. The van der Waals surface area contributed by atoms with E-state index in [4.69, 9.17) is 22.7 Å². The first-order valence-electron chi connectivity index (χ1n) is 5.87. The Morgan fingerprint density at radius 2 is 2.11 bits per heavy atom. The Kier molecular flexibility index (Phi) is 5.68. The van der Waals surface area contributed by atoms with E-state index in [0.29, 0.717) is 31.8 Å². The molecule has 0 aromatic rings. The second kappa shape index (κ2) is 6.58. The number of carbonyl (C=O) groups excluding carboxylic acids is 1. The third-order valence-electron chi connectivity index (χ3n) is 3.11.